The molecule has 0 spiro atoms. The van der Waals surface area contributed by atoms with Crippen LogP contribution in [0.4, 0.5) is 13.2 Å². The lowest BCUT2D eigenvalue weighted by atomic mass is 9.91. The summed E-state index contributed by atoms with van der Waals surface area (Å²) in [6.45, 7) is 1.21. The normalized spacial score (nSPS) is 26.0. The van der Waals surface area contributed by atoms with Gasteiger partial charge in [0.25, 0.3) is 5.91 Å². The van der Waals surface area contributed by atoms with Crippen LogP contribution in [0.3, 0.4) is 0 Å². The molecule has 1 aliphatic carbocycles. The highest BCUT2D eigenvalue weighted by molar-refractivity contribution is 5.92. The number of carbonyl (C=O) groups is 1. The molecule has 1 aliphatic heterocycles. The fraction of sp³-hybridized carbons (Fsp3) is 0.444. The number of aromatic nitrogens is 2. The second-order valence-electron chi connectivity index (χ2n) is 6.95. The van der Waals surface area contributed by atoms with E-state index in [0.717, 1.165) is 6.07 Å². The number of halogens is 3. The van der Waals surface area contributed by atoms with Gasteiger partial charge in [-0.2, -0.15) is 13.2 Å². The maximum atomic E-state index is 13.3. The molecule has 1 aromatic carbocycles. The Morgan fingerprint density at radius 1 is 1.16 bits per heavy atom. The molecule has 2 heterocycles. The number of H-pyrrole nitrogens is 1. The zero-order chi connectivity index (χ0) is 17.6. The van der Waals surface area contributed by atoms with Gasteiger partial charge in [0, 0.05) is 13.1 Å². The minimum absolute atomic E-state index is 0.0841. The highest BCUT2D eigenvalue weighted by Gasteiger charge is 2.45. The lowest BCUT2D eigenvalue weighted by molar-refractivity contribution is -0.138. The van der Waals surface area contributed by atoms with Crippen molar-refractivity contribution >= 4 is 5.91 Å². The summed E-state index contributed by atoms with van der Waals surface area (Å²) in [5.41, 5.74) is 0.333. The number of hydrogen-bond donors (Lipinski definition) is 1. The van der Waals surface area contributed by atoms with E-state index < -0.39 is 11.7 Å². The fourth-order valence-corrected chi connectivity index (χ4v) is 4.37. The van der Waals surface area contributed by atoms with E-state index in [0.29, 0.717) is 37.2 Å². The lowest BCUT2D eigenvalue weighted by Gasteiger charge is -2.21. The Labute approximate surface area is 143 Å². The maximum Gasteiger partial charge on any atom is 0.416 e. The summed E-state index contributed by atoms with van der Waals surface area (Å²) >= 11 is 0. The third-order valence-corrected chi connectivity index (χ3v) is 5.47. The van der Waals surface area contributed by atoms with Gasteiger partial charge in [-0.15, -0.1) is 0 Å². The number of rotatable bonds is 2. The van der Waals surface area contributed by atoms with Gasteiger partial charge >= 0.3 is 6.18 Å². The largest absolute Gasteiger partial charge is 0.416 e. The molecule has 0 radical (unpaired) electrons. The first-order valence-electron chi connectivity index (χ1n) is 8.37. The maximum absolute atomic E-state index is 13.3. The van der Waals surface area contributed by atoms with Gasteiger partial charge in [-0.3, -0.25) is 4.79 Å². The van der Waals surface area contributed by atoms with E-state index in [1.165, 1.54) is 18.6 Å². The van der Waals surface area contributed by atoms with E-state index >= 15 is 0 Å². The van der Waals surface area contributed by atoms with Gasteiger partial charge in [-0.25, -0.2) is 4.98 Å². The summed E-state index contributed by atoms with van der Waals surface area (Å²) in [6, 6.07) is 5.87. The van der Waals surface area contributed by atoms with Crippen molar-refractivity contribution in [2.75, 3.05) is 13.1 Å². The van der Waals surface area contributed by atoms with Crippen LogP contribution in [-0.2, 0) is 6.18 Å². The van der Waals surface area contributed by atoms with Crippen molar-refractivity contribution in [2.24, 2.45) is 11.8 Å². The molecule has 4 nitrogen and oxygen atoms in total. The van der Waals surface area contributed by atoms with Crippen LogP contribution in [0.1, 0.15) is 40.4 Å². The average molecular weight is 349 g/mol. The number of nitrogens with one attached hydrogen (secondary N) is 1. The lowest BCUT2D eigenvalue weighted by Crippen LogP contribution is -2.30. The van der Waals surface area contributed by atoms with Crippen LogP contribution in [0.15, 0.2) is 36.8 Å². The number of amides is 1. The number of imidazole rings is 1. The zero-order valence-corrected chi connectivity index (χ0v) is 13.5. The standard InChI is InChI=1S/C18H18F3N3O/c19-18(20,21)15-4-2-1-3-14(15)11-5-12-8-24(9-13(12)6-11)17(25)16-7-22-10-23-16/h1-4,7,10-13H,5-6,8-9H2,(H,22,23)/t11?,12-,13+. The highest BCUT2D eigenvalue weighted by Crippen LogP contribution is 2.48. The number of likely N-dealkylation sites (tertiary alicyclic amines) is 1. The molecule has 1 unspecified atom stereocenters. The van der Waals surface area contributed by atoms with Crippen LogP contribution in [0.5, 0.6) is 0 Å². The summed E-state index contributed by atoms with van der Waals surface area (Å²) < 4.78 is 39.8. The molecule has 2 aromatic rings. The second kappa shape index (κ2) is 5.89. The molecule has 25 heavy (non-hydrogen) atoms. The molecule has 1 amide bonds. The van der Waals surface area contributed by atoms with Gasteiger partial charge in [-0.1, -0.05) is 18.2 Å². The molecule has 4 rings (SSSR count). The number of nitrogens with zero attached hydrogens (tertiary/aromatic N) is 2. The Morgan fingerprint density at radius 2 is 1.84 bits per heavy atom. The Bertz CT molecular complexity index is 758. The number of aromatic amines is 1. The van der Waals surface area contributed by atoms with Gasteiger partial charge in [0.2, 0.25) is 0 Å². The third kappa shape index (κ3) is 2.92. The molecule has 1 saturated carbocycles. The molecule has 1 aromatic heterocycles. The number of alkyl halides is 3. The predicted octanol–water partition coefficient (Wildman–Crippen LogP) is 3.69. The number of carbonyl (C=O) groups excluding carboxylic acids is 1. The zero-order valence-electron chi connectivity index (χ0n) is 13.5. The van der Waals surface area contributed by atoms with Crippen LogP contribution in [0.2, 0.25) is 0 Å². The van der Waals surface area contributed by atoms with Gasteiger partial charge < -0.3 is 9.88 Å². The summed E-state index contributed by atoms with van der Waals surface area (Å²) in [5, 5.41) is 0. The van der Waals surface area contributed by atoms with Crippen LogP contribution in [-0.4, -0.2) is 33.9 Å². The van der Waals surface area contributed by atoms with Crippen LogP contribution >= 0.6 is 0 Å². The first-order valence-corrected chi connectivity index (χ1v) is 8.37. The average Bonchev–Trinajstić information content (AvgIpc) is 3.29. The Balaban J connectivity index is 1.48. The van der Waals surface area contributed by atoms with Gasteiger partial charge in [0.1, 0.15) is 5.69 Å². The first kappa shape index (κ1) is 16.2. The molecular weight excluding hydrogens is 331 g/mol. The highest BCUT2D eigenvalue weighted by atomic mass is 19.4. The van der Waals surface area contributed by atoms with E-state index in [1.807, 2.05) is 0 Å². The molecule has 2 aliphatic rings. The molecule has 0 bridgehead atoms. The SMILES string of the molecule is O=C(c1cnc[nH]1)N1C[C@H]2CC(c3ccccc3C(F)(F)F)C[C@H]2C1. The topological polar surface area (TPSA) is 49.0 Å². The van der Waals surface area contributed by atoms with Gasteiger partial charge in [0.05, 0.1) is 18.1 Å². The number of fused-ring (bicyclic) bond motifs is 1. The number of hydrogen-bond acceptors (Lipinski definition) is 2. The summed E-state index contributed by atoms with van der Waals surface area (Å²) in [6.07, 6.45) is 0.0407. The third-order valence-electron chi connectivity index (χ3n) is 5.47. The van der Waals surface area contributed by atoms with Gasteiger partial charge in [0.15, 0.2) is 0 Å². The van der Waals surface area contributed by atoms with Crippen molar-refractivity contribution in [1.82, 2.24) is 14.9 Å². The monoisotopic (exact) mass is 349 g/mol. The van der Waals surface area contributed by atoms with Crippen LogP contribution < -0.4 is 0 Å². The number of benzene rings is 1. The van der Waals surface area contributed by atoms with E-state index in [2.05, 4.69) is 9.97 Å². The Hall–Kier alpha value is -2.31. The van der Waals surface area contributed by atoms with E-state index in [4.69, 9.17) is 0 Å². The van der Waals surface area contributed by atoms with E-state index in [1.54, 1.807) is 17.0 Å². The second-order valence-corrected chi connectivity index (χ2v) is 6.95. The van der Waals surface area contributed by atoms with Gasteiger partial charge in [-0.05, 0) is 42.2 Å². The fourth-order valence-electron chi connectivity index (χ4n) is 4.37. The molecule has 1 N–H and O–H groups in total. The Morgan fingerprint density at radius 3 is 2.44 bits per heavy atom. The van der Waals surface area contributed by atoms with E-state index in [-0.39, 0.29) is 23.7 Å². The molecular formula is C18H18F3N3O. The quantitative estimate of drug-likeness (QED) is 0.899. The molecule has 3 atom stereocenters. The van der Waals surface area contributed by atoms with Crippen molar-refractivity contribution in [3.63, 3.8) is 0 Å². The van der Waals surface area contributed by atoms with Crippen molar-refractivity contribution < 1.29 is 18.0 Å². The van der Waals surface area contributed by atoms with E-state index in [9.17, 15) is 18.0 Å². The summed E-state index contributed by atoms with van der Waals surface area (Å²) in [4.78, 5) is 20.8. The van der Waals surface area contributed by atoms with Crippen LogP contribution in [0, 0.1) is 11.8 Å². The minimum Gasteiger partial charge on any atom is -0.341 e. The van der Waals surface area contributed by atoms with Crippen molar-refractivity contribution in [2.45, 2.75) is 24.9 Å². The molecule has 7 heteroatoms. The summed E-state index contributed by atoms with van der Waals surface area (Å²) in [7, 11) is 0. The molecule has 132 valence electrons. The molecule has 1 saturated heterocycles. The van der Waals surface area contributed by atoms with Crippen molar-refractivity contribution in [1.29, 1.82) is 0 Å². The summed E-state index contributed by atoms with van der Waals surface area (Å²) in [5.74, 6) is 0.354. The van der Waals surface area contributed by atoms with Crippen molar-refractivity contribution in [3.8, 4) is 0 Å². The van der Waals surface area contributed by atoms with Crippen molar-refractivity contribution in [3.05, 3.63) is 53.6 Å². The predicted molar refractivity (Wildman–Crippen MR) is 84.9 cm³/mol. The smallest absolute Gasteiger partial charge is 0.341 e. The van der Waals surface area contributed by atoms with Crippen LogP contribution in [0.25, 0.3) is 0 Å². The minimum atomic E-state index is -4.32. The first-order chi connectivity index (χ1) is 11.9. The Kier molecular flexibility index (Phi) is 3.81. The molecule has 2 fully saturated rings.